The SMILES string of the molecule is CC(C)(C)c1c(N)cc(C(=O)[O-])cc1N. The Morgan fingerprint density at radius 3 is 1.87 bits per heavy atom. The van der Waals surface area contributed by atoms with Crippen molar-refractivity contribution in [3.05, 3.63) is 23.3 Å². The predicted molar refractivity (Wildman–Crippen MR) is 58.3 cm³/mol. The molecule has 0 saturated heterocycles. The Labute approximate surface area is 88.9 Å². The number of hydrogen-bond acceptors (Lipinski definition) is 4. The van der Waals surface area contributed by atoms with Gasteiger partial charge in [0.25, 0.3) is 0 Å². The average Bonchev–Trinajstić information content (AvgIpc) is 1.99. The second-order valence-corrected chi connectivity index (χ2v) is 4.57. The van der Waals surface area contributed by atoms with E-state index >= 15 is 0 Å². The summed E-state index contributed by atoms with van der Waals surface area (Å²) in [4.78, 5) is 10.6. The number of anilines is 2. The summed E-state index contributed by atoms with van der Waals surface area (Å²) in [6.07, 6.45) is 0. The lowest BCUT2D eigenvalue weighted by Crippen LogP contribution is -2.24. The lowest BCUT2D eigenvalue weighted by molar-refractivity contribution is -0.255. The summed E-state index contributed by atoms with van der Waals surface area (Å²) >= 11 is 0. The number of carbonyl (C=O) groups is 1. The Kier molecular flexibility index (Phi) is 2.62. The second kappa shape index (κ2) is 3.46. The first kappa shape index (κ1) is 11.4. The van der Waals surface area contributed by atoms with Crippen LogP contribution in [0.1, 0.15) is 36.7 Å². The summed E-state index contributed by atoms with van der Waals surface area (Å²) in [7, 11) is 0. The molecule has 0 aliphatic rings. The molecule has 1 rings (SSSR count). The van der Waals surface area contributed by atoms with E-state index in [1.165, 1.54) is 12.1 Å². The maximum absolute atomic E-state index is 10.6. The molecule has 1 aromatic carbocycles. The number of aromatic carboxylic acids is 1. The van der Waals surface area contributed by atoms with Gasteiger partial charge in [-0.15, -0.1) is 0 Å². The van der Waals surface area contributed by atoms with Crippen LogP contribution in [-0.4, -0.2) is 5.97 Å². The fraction of sp³-hybridized carbons (Fsp3) is 0.364. The molecule has 0 aliphatic heterocycles. The Morgan fingerprint density at radius 2 is 1.60 bits per heavy atom. The fourth-order valence-corrected chi connectivity index (χ4v) is 1.67. The molecule has 4 nitrogen and oxygen atoms in total. The minimum Gasteiger partial charge on any atom is -0.545 e. The van der Waals surface area contributed by atoms with E-state index in [2.05, 4.69) is 0 Å². The molecule has 0 aliphatic carbocycles. The third kappa shape index (κ3) is 2.21. The molecule has 15 heavy (non-hydrogen) atoms. The maximum atomic E-state index is 10.6. The van der Waals surface area contributed by atoms with Crippen LogP contribution in [0.4, 0.5) is 11.4 Å². The quantitative estimate of drug-likeness (QED) is 0.656. The van der Waals surface area contributed by atoms with Crippen molar-refractivity contribution in [2.45, 2.75) is 26.2 Å². The number of carboxylic acid groups (broad SMARTS) is 1. The van der Waals surface area contributed by atoms with Crippen molar-refractivity contribution < 1.29 is 9.90 Å². The first-order valence-electron chi connectivity index (χ1n) is 4.64. The van der Waals surface area contributed by atoms with E-state index in [1.807, 2.05) is 20.8 Å². The van der Waals surface area contributed by atoms with Crippen molar-refractivity contribution in [1.29, 1.82) is 0 Å². The Bertz CT molecular complexity index is 383. The van der Waals surface area contributed by atoms with Gasteiger partial charge in [0.05, 0.1) is 5.97 Å². The molecule has 0 unspecified atom stereocenters. The van der Waals surface area contributed by atoms with Crippen molar-refractivity contribution in [1.82, 2.24) is 0 Å². The smallest absolute Gasteiger partial charge is 0.0716 e. The largest absolute Gasteiger partial charge is 0.545 e. The number of carboxylic acids is 1. The molecule has 0 heterocycles. The van der Waals surface area contributed by atoms with Crippen molar-refractivity contribution in [2.24, 2.45) is 0 Å². The summed E-state index contributed by atoms with van der Waals surface area (Å²) in [6, 6.07) is 2.76. The van der Waals surface area contributed by atoms with E-state index < -0.39 is 5.97 Å². The molecular formula is C11H15N2O2-. The highest BCUT2D eigenvalue weighted by atomic mass is 16.4. The van der Waals surface area contributed by atoms with Gasteiger partial charge in [0.2, 0.25) is 0 Å². The van der Waals surface area contributed by atoms with Gasteiger partial charge in [0, 0.05) is 22.5 Å². The van der Waals surface area contributed by atoms with Gasteiger partial charge in [-0.25, -0.2) is 0 Å². The summed E-state index contributed by atoms with van der Waals surface area (Å²) in [5.41, 5.74) is 12.9. The van der Waals surface area contributed by atoms with Gasteiger partial charge in [0.15, 0.2) is 0 Å². The molecule has 0 aromatic heterocycles. The molecule has 4 N–H and O–H groups in total. The van der Waals surface area contributed by atoms with Gasteiger partial charge in [-0.05, 0) is 17.5 Å². The van der Waals surface area contributed by atoms with Crippen LogP contribution in [-0.2, 0) is 5.41 Å². The highest BCUT2D eigenvalue weighted by Crippen LogP contribution is 2.33. The first-order chi connectivity index (χ1) is 6.73. The van der Waals surface area contributed by atoms with Crippen LogP contribution < -0.4 is 16.6 Å². The van der Waals surface area contributed by atoms with Gasteiger partial charge in [0.1, 0.15) is 0 Å². The molecular weight excluding hydrogens is 192 g/mol. The molecule has 0 fully saturated rings. The molecule has 82 valence electrons. The molecule has 0 bridgehead atoms. The molecule has 0 atom stereocenters. The van der Waals surface area contributed by atoms with E-state index in [-0.39, 0.29) is 11.0 Å². The molecule has 1 aromatic rings. The molecule has 0 amide bonds. The lowest BCUT2D eigenvalue weighted by Gasteiger charge is -2.24. The van der Waals surface area contributed by atoms with E-state index in [4.69, 9.17) is 11.5 Å². The van der Waals surface area contributed by atoms with Crippen LogP contribution in [0.15, 0.2) is 12.1 Å². The van der Waals surface area contributed by atoms with Gasteiger partial charge < -0.3 is 21.4 Å². The molecule has 4 heteroatoms. The topological polar surface area (TPSA) is 92.2 Å². The highest BCUT2D eigenvalue weighted by Gasteiger charge is 2.20. The predicted octanol–water partition coefficient (Wildman–Crippen LogP) is 0.512. The third-order valence-electron chi connectivity index (χ3n) is 2.19. The Morgan fingerprint density at radius 1 is 1.20 bits per heavy atom. The standard InChI is InChI=1S/C11H16N2O2/c1-11(2,3)9-7(12)4-6(10(14)15)5-8(9)13/h4-5H,12-13H2,1-3H3,(H,14,15)/p-1. The van der Waals surface area contributed by atoms with Crippen molar-refractivity contribution >= 4 is 17.3 Å². The third-order valence-corrected chi connectivity index (χ3v) is 2.19. The minimum absolute atomic E-state index is 0.0120. The number of hydrogen-bond donors (Lipinski definition) is 2. The average molecular weight is 207 g/mol. The number of nitrogen functional groups attached to an aromatic ring is 2. The zero-order valence-corrected chi connectivity index (χ0v) is 9.13. The van der Waals surface area contributed by atoms with Crippen LogP contribution in [0.2, 0.25) is 0 Å². The normalized spacial score (nSPS) is 11.4. The highest BCUT2D eigenvalue weighted by molar-refractivity contribution is 5.89. The summed E-state index contributed by atoms with van der Waals surface area (Å²) < 4.78 is 0. The lowest BCUT2D eigenvalue weighted by atomic mass is 9.84. The number of rotatable bonds is 1. The van der Waals surface area contributed by atoms with Gasteiger partial charge >= 0.3 is 0 Å². The molecule has 0 saturated carbocycles. The van der Waals surface area contributed by atoms with Crippen LogP contribution in [0, 0.1) is 0 Å². The van der Waals surface area contributed by atoms with Crippen LogP contribution in [0.3, 0.4) is 0 Å². The van der Waals surface area contributed by atoms with E-state index in [0.717, 1.165) is 5.56 Å². The zero-order chi connectivity index (χ0) is 11.8. The number of benzene rings is 1. The van der Waals surface area contributed by atoms with E-state index in [9.17, 15) is 9.90 Å². The van der Waals surface area contributed by atoms with E-state index in [1.54, 1.807) is 0 Å². The maximum Gasteiger partial charge on any atom is 0.0716 e. The number of nitrogens with two attached hydrogens (primary N) is 2. The monoisotopic (exact) mass is 207 g/mol. The number of carbonyl (C=O) groups excluding carboxylic acids is 1. The van der Waals surface area contributed by atoms with Crippen molar-refractivity contribution in [3.8, 4) is 0 Å². The first-order valence-corrected chi connectivity index (χ1v) is 4.64. The summed E-state index contributed by atoms with van der Waals surface area (Å²) in [5.74, 6) is -1.27. The Hall–Kier alpha value is -1.71. The summed E-state index contributed by atoms with van der Waals surface area (Å²) in [6.45, 7) is 5.90. The second-order valence-electron chi connectivity index (χ2n) is 4.57. The summed E-state index contributed by atoms with van der Waals surface area (Å²) in [5, 5.41) is 10.6. The van der Waals surface area contributed by atoms with Gasteiger partial charge in [-0.1, -0.05) is 20.8 Å². The van der Waals surface area contributed by atoms with Crippen molar-refractivity contribution in [2.75, 3.05) is 11.5 Å². The van der Waals surface area contributed by atoms with Gasteiger partial charge in [-0.3, -0.25) is 0 Å². The van der Waals surface area contributed by atoms with Crippen LogP contribution >= 0.6 is 0 Å². The fourth-order valence-electron chi connectivity index (χ4n) is 1.67. The minimum atomic E-state index is -1.27. The molecule has 0 spiro atoms. The Balaban J connectivity index is 3.41. The van der Waals surface area contributed by atoms with Crippen LogP contribution in [0.25, 0.3) is 0 Å². The van der Waals surface area contributed by atoms with E-state index in [0.29, 0.717) is 11.4 Å². The zero-order valence-electron chi connectivity index (χ0n) is 9.13. The van der Waals surface area contributed by atoms with Gasteiger partial charge in [-0.2, -0.15) is 0 Å². The van der Waals surface area contributed by atoms with Crippen LogP contribution in [0.5, 0.6) is 0 Å². The van der Waals surface area contributed by atoms with Crippen molar-refractivity contribution in [3.63, 3.8) is 0 Å². The molecule has 0 radical (unpaired) electrons.